The zero-order valence-corrected chi connectivity index (χ0v) is 10.2. The zero-order valence-electron chi connectivity index (χ0n) is 10.2. The summed E-state index contributed by atoms with van der Waals surface area (Å²) in [6.45, 7) is 4.00. The predicted molar refractivity (Wildman–Crippen MR) is 58.2 cm³/mol. The van der Waals surface area contributed by atoms with E-state index in [2.05, 4.69) is 0 Å². The van der Waals surface area contributed by atoms with Crippen molar-refractivity contribution in [2.24, 2.45) is 0 Å². The van der Waals surface area contributed by atoms with Crippen molar-refractivity contribution in [3.8, 4) is 0 Å². The highest BCUT2D eigenvalue weighted by Crippen LogP contribution is 2.46. The number of ether oxygens (including phenoxy) is 3. The molecule has 2 unspecified atom stereocenters. The Bertz CT molecular complexity index is 390. The molecule has 2 rings (SSSR count). The van der Waals surface area contributed by atoms with Crippen molar-refractivity contribution in [3.05, 3.63) is 11.8 Å². The maximum atomic E-state index is 12.1. The summed E-state index contributed by atoms with van der Waals surface area (Å²) in [4.78, 5) is 24.0. The third-order valence-corrected chi connectivity index (χ3v) is 3.18. The number of Topliss-reactive ketones (excluding diaryl/α,β-unsaturated/α-hetero) is 1. The van der Waals surface area contributed by atoms with Gasteiger partial charge in [-0.15, -0.1) is 0 Å². The normalized spacial score (nSPS) is 35.5. The van der Waals surface area contributed by atoms with E-state index in [-0.39, 0.29) is 11.5 Å². The third-order valence-electron chi connectivity index (χ3n) is 3.18. The van der Waals surface area contributed by atoms with Crippen LogP contribution in [-0.2, 0) is 23.8 Å². The number of hydrogen-bond acceptors (Lipinski definition) is 5. The highest BCUT2D eigenvalue weighted by Gasteiger charge is 2.63. The van der Waals surface area contributed by atoms with Crippen LogP contribution in [0, 0.1) is 0 Å². The van der Waals surface area contributed by atoms with Crippen molar-refractivity contribution >= 4 is 11.8 Å². The molecular weight excluding hydrogens is 224 g/mol. The molecule has 0 aliphatic carbocycles. The SMILES string of the molecule is CCOC1=CC2(C)CCC(=O)C1(C(=O)OC)O2. The van der Waals surface area contributed by atoms with Gasteiger partial charge >= 0.3 is 5.97 Å². The average Bonchev–Trinajstić information content (AvgIpc) is 2.55. The maximum absolute atomic E-state index is 12.1. The monoisotopic (exact) mass is 240 g/mol. The molecule has 0 aromatic carbocycles. The molecule has 1 fully saturated rings. The van der Waals surface area contributed by atoms with Crippen molar-refractivity contribution in [3.63, 3.8) is 0 Å². The Morgan fingerprint density at radius 1 is 1.59 bits per heavy atom. The summed E-state index contributed by atoms with van der Waals surface area (Å²) in [5.74, 6) is -0.721. The van der Waals surface area contributed by atoms with Crippen LogP contribution >= 0.6 is 0 Å². The van der Waals surface area contributed by atoms with Gasteiger partial charge in [0.25, 0.3) is 5.60 Å². The first-order valence-corrected chi connectivity index (χ1v) is 5.66. The quantitative estimate of drug-likeness (QED) is 0.543. The molecule has 2 aliphatic rings. The molecule has 2 atom stereocenters. The van der Waals surface area contributed by atoms with E-state index in [4.69, 9.17) is 14.2 Å². The molecule has 0 saturated carbocycles. The smallest absolute Gasteiger partial charge is 0.354 e. The molecule has 2 aliphatic heterocycles. The molecule has 0 aromatic rings. The van der Waals surface area contributed by atoms with Gasteiger partial charge in [0.2, 0.25) is 0 Å². The standard InChI is InChI=1S/C12H16O5/c1-4-16-9-7-11(2)6-5-8(13)12(9,17-11)10(14)15-3/h7H,4-6H2,1-3H3. The molecule has 2 heterocycles. The lowest BCUT2D eigenvalue weighted by molar-refractivity contribution is -0.189. The van der Waals surface area contributed by atoms with Crippen LogP contribution in [0.4, 0.5) is 0 Å². The van der Waals surface area contributed by atoms with Crippen molar-refractivity contribution in [1.29, 1.82) is 0 Å². The summed E-state index contributed by atoms with van der Waals surface area (Å²) in [6.07, 6.45) is 2.57. The minimum absolute atomic E-state index is 0.275. The van der Waals surface area contributed by atoms with Gasteiger partial charge in [-0.1, -0.05) is 0 Å². The number of carbonyl (C=O) groups is 2. The zero-order chi connectivity index (χ0) is 12.7. The molecule has 94 valence electrons. The van der Waals surface area contributed by atoms with Crippen LogP contribution in [-0.4, -0.2) is 36.7 Å². The Labute approximate surface area is 99.7 Å². The van der Waals surface area contributed by atoms with E-state index in [1.807, 2.05) is 6.92 Å². The largest absolute Gasteiger partial charge is 0.494 e. The van der Waals surface area contributed by atoms with Crippen molar-refractivity contribution < 1.29 is 23.8 Å². The Morgan fingerprint density at radius 2 is 2.29 bits per heavy atom. The van der Waals surface area contributed by atoms with Crippen LogP contribution in [0.1, 0.15) is 26.7 Å². The van der Waals surface area contributed by atoms with Crippen LogP contribution in [0.15, 0.2) is 11.8 Å². The molecule has 0 spiro atoms. The maximum Gasteiger partial charge on any atom is 0.354 e. The number of hydrogen-bond donors (Lipinski definition) is 0. The first-order chi connectivity index (χ1) is 7.98. The van der Waals surface area contributed by atoms with Gasteiger partial charge in [0.15, 0.2) is 5.78 Å². The second-order valence-corrected chi connectivity index (χ2v) is 4.45. The first-order valence-electron chi connectivity index (χ1n) is 5.66. The average molecular weight is 240 g/mol. The summed E-state index contributed by atoms with van der Waals surface area (Å²) in [5.41, 5.74) is -2.29. The van der Waals surface area contributed by atoms with Gasteiger partial charge in [-0.3, -0.25) is 4.79 Å². The molecule has 0 radical (unpaired) electrons. The van der Waals surface area contributed by atoms with Crippen LogP contribution in [0.5, 0.6) is 0 Å². The Hall–Kier alpha value is -1.36. The topological polar surface area (TPSA) is 61.8 Å². The molecule has 2 bridgehead atoms. The second kappa shape index (κ2) is 3.84. The Balaban J connectivity index is 2.47. The number of carbonyl (C=O) groups excluding carboxylic acids is 2. The Morgan fingerprint density at radius 3 is 2.88 bits per heavy atom. The molecule has 0 amide bonds. The van der Waals surface area contributed by atoms with Crippen LogP contribution in [0.25, 0.3) is 0 Å². The fourth-order valence-corrected chi connectivity index (χ4v) is 2.36. The molecule has 0 N–H and O–H groups in total. The summed E-state index contributed by atoms with van der Waals surface area (Å²) < 4.78 is 15.8. The number of esters is 1. The molecule has 17 heavy (non-hydrogen) atoms. The van der Waals surface area contributed by atoms with Gasteiger partial charge in [-0.25, -0.2) is 4.79 Å². The van der Waals surface area contributed by atoms with Gasteiger partial charge < -0.3 is 14.2 Å². The van der Waals surface area contributed by atoms with E-state index in [1.165, 1.54) is 7.11 Å². The van der Waals surface area contributed by atoms with E-state index in [1.54, 1.807) is 13.0 Å². The van der Waals surface area contributed by atoms with Crippen molar-refractivity contribution in [1.82, 2.24) is 0 Å². The van der Waals surface area contributed by atoms with E-state index in [9.17, 15) is 9.59 Å². The van der Waals surface area contributed by atoms with Gasteiger partial charge in [-0.2, -0.15) is 0 Å². The van der Waals surface area contributed by atoms with Crippen LogP contribution in [0.2, 0.25) is 0 Å². The number of rotatable bonds is 3. The molecule has 0 aromatic heterocycles. The molecule has 5 nitrogen and oxygen atoms in total. The summed E-state index contributed by atoms with van der Waals surface area (Å²) in [6, 6.07) is 0. The van der Waals surface area contributed by atoms with E-state index < -0.39 is 17.2 Å². The first kappa shape index (κ1) is 12.1. The molecule has 5 heteroatoms. The highest BCUT2D eigenvalue weighted by atomic mass is 16.6. The van der Waals surface area contributed by atoms with Crippen molar-refractivity contribution in [2.75, 3.05) is 13.7 Å². The summed E-state index contributed by atoms with van der Waals surface area (Å²) in [7, 11) is 1.24. The summed E-state index contributed by atoms with van der Waals surface area (Å²) in [5, 5.41) is 0. The van der Waals surface area contributed by atoms with E-state index in [0.717, 1.165) is 0 Å². The van der Waals surface area contributed by atoms with Gasteiger partial charge in [0, 0.05) is 6.42 Å². The lowest BCUT2D eigenvalue weighted by Gasteiger charge is -2.35. The summed E-state index contributed by atoms with van der Waals surface area (Å²) >= 11 is 0. The van der Waals surface area contributed by atoms with E-state index >= 15 is 0 Å². The van der Waals surface area contributed by atoms with Crippen LogP contribution < -0.4 is 0 Å². The number of fused-ring (bicyclic) bond motifs is 2. The third kappa shape index (κ3) is 1.57. The Kier molecular flexibility index (Phi) is 2.73. The fourth-order valence-electron chi connectivity index (χ4n) is 2.36. The fraction of sp³-hybridized carbons (Fsp3) is 0.667. The predicted octanol–water partition coefficient (Wildman–Crippen LogP) is 0.970. The molecular formula is C12H16O5. The minimum atomic E-state index is -1.67. The van der Waals surface area contributed by atoms with Gasteiger partial charge in [0.1, 0.15) is 5.76 Å². The van der Waals surface area contributed by atoms with Gasteiger partial charge in [-0.05, 0) is 26.3 Å². The van der Waals surface area contributed by atoms with Gasteiger partial charge in [0.05, 0.1) is 19.3 Å². The second-order valence-electron chi connectivity index (χ2n) is 4.45. The highest BCUT2D eigenvalue weighted by molar-refractivity contribution is 6.11. The van der Waals surface area contributed by atoms with E-state index in [0.29, 0.717) is 19.4 Å². The van der Waals surface area contributed by atoms with Crippen molar-refractivity contribution in [2.45, 2.75) is 37.9 Å². The van der Waals surface area contributed by atoms with Crippen LogP contribution in [0.3, 0.4) is 0 Å². The minimum Gasteiger partial charge on any atom is -0.494 e. The lowest BCUT2D eigenvalue weighted by atomic mass is 9.90. The number of ketones is 1. The lowest BCUT2D eigenvalue weighted by Crippen LogP contribution is -2.55. The number of methoxy groups -OCH3 is 1. The molecule has 1 saturated heterocycles.